The molecule has 0 radical (unpaired) electrons. The third kappa shape index (κ3) is 4.10. The van der Waals surface area contributed by atoms with Gasteiger partial charge in [0.1, 0.15) is 18.2 Å². The van der Waals surface area contributed by atoms with Crippen LogP contribution in [0.25, 0.3) is 0 Å². The molecular formula is C19H14ClFN2O3. The Hall–Kier alpha value is -3.12. The summed E-state index contributed by atoms with van der Waals surface area (Å²) in [6.45, 7) is -0.572. The predicted molar refractivity (Wildman–Crippen MR) is 97.2 cm³/mol. The molecule has 0 saturated heterocycles. The van der Waals surface area contributed by atoms with Crippen molar-refractivity contribution in [2.24, 2.45) is 0 Å². The molecule has 1 amide bonds. The summed E-state index contributed by atoms with van der Waals surface area (Å²) in [6, 6.07) is 15.4. The number of rotatable bonds is 5. The van der Waals surface area contributed by atoms with E-state index in [1.165, 1.54) is 24.4 Å². The zero-order valence-electron chi connectivity index (χ0n) is 13.5. The van der Waals surface area contributed by atoms with Gasteiger partial charge in [-0.2, -0.15) is 0 Å². The van der Waals surface area contributed by atoms with Gasteiger partial charge in [-0.3, -0.25) is 15.0 Å². The Labute approximate surface area is 153 Å². The molecule has 0 unspecified atom stereocenters. The SMILES string of the molecule is O=C(Nn1ccccc1=O)c1ccc(Cl)cc1Oc1ccc(CF)cc1. The van der Waals surface area contributed by atoms with Crippen LogP contribution in [0.1, 0.15) is 15.9 Å². The number of carbonyl (C=O) groups is 1. The van der Waals surface area contributed by atoms with E-state index in [0.29, 0.717) is 16.3 Å². The highest BCUT2D eigenvalue weighted by molar-refractivity contribution is 6.30. The van der Waals surface area contributed by atoms with E-state index in [2.05, 4.69) is 5.43 Å². The summed E-state index contributed by atoms with van der Waals surface area (Å²) in [5.74, 6) is 0.104. The number of pyridine rings is 1. The number of ether oxygens (including phenoxy) is 1. The molecule has 3 rings (SSSR count). The van der Waals surface area contributed by atoms with E-state index in [1.807, 2.05) is 0 Å². The summed E-state index contributed by atoms with van der Waals surface area (Å²) in [7, 11) is 0. The maximum absolute atomic E-state index is 12.6. The number of aromatic nitrogens is 1. The van der Waals surface area contributed by atoms with Crippen molar-refractivity contribution >= 4 is 17.5 Å². The van der Waals surface area contributed by atoms with Crippen LogP contribution in [0.5, 0.6) is 11.5 Å². The van der Waals surface area contributed by atoms with Crippen molar-refractivity contribution in [1.82, 2.24) is 4.68 Å². The van der Waals surface area contributed by atoms with Crippen molar-refractivity contribution in [2.75, 3.05) is 5.43 Å². The van der Waals surface area contributed by atoms with Crippen LogP contribution >= 0.6 is 11.6 Å². The first kappa shape index (κ1) is 17.7. The molecule has 0 atom stereocenters. The molecule has 0 bridgehead atoms. The van der Waals surface area contributed by atoms with Crippen molar-refractivity contribution in [3.8, 4) is 11.5 Å². The van der Waals surface area contributed by atoms with Gasteiger partial charge in [-0.1, -0.05) is 29.8 Å². The maximum atomic E-state index is 12.6. The second-order valence-corrected chi connectivity index (χ2v) is 5.81. The summed E-state index contributed by atoms with van der Waals surface area (Å²) in [5, 5.41) is 0.383. The van der Waals surface area contributed by atoms with Gasteiger partial charge in [0.15, 0.2) is 0 Å². The van der Waals surface area contributed by atoms with E-state index >= 15 is 0 Å². The minimum Gasteiger partial charge on any atom is -0.456 e. The van der Waals surface area contributed by atoms with Gasteiger partial charge in [0.2, 0.25) is 0 Å². The number of alkyl halides is 1. The molecule has 1 heterocycles. The van der Waals surface area contributed by atoms with Gasteiger partial charge in [0.05, 0.1) is 5.56 Å². The molecule has 3 aromatic rings. The lowest BCUT2D eigenvalue weighted by molar-refractivity contribution is 0.100. The van der Waals surface area contributed by atoms with Crippen molar-refractivity contribution in [3.05, 3.63) is 93.4 Å². The van der Waals surface area contributed by atoms with Crippen LogP contribution in [0.15, 0.2) is 71.7 Å². The Balaban J connectivity index is 1.88. The highest BCUT2D eigenvalue weighted by atomic mass is 35.5. The Morgan fingerprint density at radius 3 is 2.58 bits per heavy atom. The minimum atomic E-state index is -0.572. The van der Waals surface area contributed by atoms with Gasteiger partial charge >= 0.3 is 0 Å². The normalized spacial score (nSPS) is 10.4. The van der Waals surface area contributed by atoms with Crippen LogP contribution in [-0.4, -0.2) is 10.6 Å². The standard InChI is InChI=1S/C19H14ClFN2O3/c20-14-6-9-16(19(25)22-23-10-2-1-3-18(23)24)17(11-14)26-15-7-4-13(12-21)5-8-15/h1-11H,12H2,(H,22,25). The molecule has 0 aliphatic carbocycles. The highest BCUT2D eigenvalue weighted by Crippen LogP contribution is 2.29. The van der Waals surface area contributed by atoms with Crippen molar-refractivity contribution in [2.45, 2.75) is 6.67 Å². The summed E-state index contributed by atoms with van der Waals surface area (Å²) >= 11 is 6.00. The van der Waals surface area contributed by atoms with E-state index in [1.54, 1.807) is 42.5 Å². The van der Waals surface area contributed by atoms with Crippen LogP contribution < -0.4 is 15.7 Å². The Kier molecular flexibility index (Phi) is 5.34. The van der Waals surface area contributed by atoms with Gasteiger partial charge in [-0.05, 0) is 35.9 Å². The van der Waals surface area contributed by atoms with E-state index in [0.717, 1.165) is 4.68 Å². The molecule has 132 valence electrons. The number of benzene rings is 2. The molecular weight excluding hydrogens is 359 g/mol. The lowest BCUT2D eigenvalue weighted by Crippen LogP contribution is -2.32. The highest BCUT2D eigenvalue weighted by Gasteiger charge is 2.15. The number of amides is 1. The van der Waals surface area contributed by atoms with E-state index in [9.17, 15) is 14.0 Å². The first-order valence-electron chi connectivity index (χ1n) is 7.68. The van der Waals surface area contributed by atoms with Crippen LogP contribution in [0, 0.1) is 0 Å². The monoisotopic (exact) mass is 372 g/mol. The van der Waals surface area contributed by atoms with Crippen LogP contribution in [0.4, 0.5) is 4.39 Å². The third-order valence-corrected chi connectivity index (χ3v) is 3.77. The average molecular weight is 373 g/mol. The molecule has 0 saturated carbocycles. The zero-order valence-corrected chi connectivity index (χ0v) is 14.2. The molecule has 0 aliphatic heterocycles. The molecule has 0 spiro atoms. The number of halogens is 2. The van der Waals surface area contributed by atoms with Gasteiger partial charge in [0.25, 0.3) is 11.5 Å². The second-order valence-electron chi connectivity index (χ2n) is 5.37. The fourth-order valence-electron chi connectivity index (χ4n) is 2.23. The second kappa shape index (κ2) is 7.84. The topological polar surface area (TPSA) is 60.3 Å². The van der Waals surface area contributed by atoms with E-state index < -0.39 is 12.6 Å². The lowest BCUT2D eigenvalue weighted by atomic mass is 10.2. The molecule has 2 aromatic carbocycles. The van der Waals surface area contributed by atoms with Crippen molar-refractivity contribution in [3.63, 3.8) is 0 Å². The van der Waals surface area contributed by atoms with E-state index in [4.69, 9.17) is 16.3 Å². The molecule has 0 aliphatic rings. The molecule has 1 aromatic heterocycles. The maximum Gasteiger partial charge on any atom is 0.273 e. The molecule has 5 nitrogen and oxygen atoms in total. The van der Waals surface area contributed by atoms with Crippen LogP contribution in [-0.2, 0) is 6.67 Å². The Morgan fingerprint density at radius 1 is 1.12 bits per heavy atom. The Morgan fingerprint density at radius 2 is 1.88 bits per heavy atom. The minimum absolute atomic E-state index is 0.194. The molecule has 1 N–H and O–H groups in total. The summed E-state index contributed by atoms with van der Waals surface area (Å²) < 4.78 is 19.4. The Bertz CT molecular complexity index is 987. The van der Waals surface area contributed by atoms with Gasteiger partial charge < -0.3 is 4.74 Å². The van der Waals surface area contributed by atoms with Gasteiger partial charge in [0, 0.05) is 23.4 Å². The lowest BCUT2D eigenvalue weighted by Gasteiger charge is -2.13. The number of nitrogens with zero attached hydrogens (tertiary/aromatic N) is 1. The van der Waals surface area contributed by atoms with Gasteiger partial charge in [-0.25, -0.2) is 9.07 Å². The predicted octanol–water partition coefficient (Wildman–Crippen LogP) is 4.15. The number of hydrogen-bond donors (Lipinski definition) is 1. The summed E-state index contributed by atoms with van der Waals surface area (Å²) in [4.78, 5) is 24.3. The first-order chi connectivity index (χ1) is 12.6. The molecule has 26 heavy (non-hydrogen) atoms. The van der Waals surface area contributed by atoms with Crippen LogP contribution in [0.2, 0.25) is 5.02 Å². The van der Waals surface area contributed by atoms with Crippen molar-refractivity contribution < 1.29 is 13.9 Å². The number of carbonyl (C=O) groups excluding carboxylic acids is 1. The zero-order chi connectivity index (χ0) is 18.5. The van der Waals surface area contributed by atoms with E-state index in [-0.39, 0.29) is 16.9 Å². The molecule has 0 fully saturated rings. The smallest absolute Gasteiger partial charge is 0.273 e. The largest absolute Gasteiger partial charge is 0.456 e. The fraction of sp³-hybridized carbons (Fsp3) is 0.0526. The first-order valence-corrected chi connectivity index (χ1v) is 8.06. The quantitative estimate of drug-likeness (QED) is 0.732. The number of hydrogen-bond acceptors (Lipinski definition) is 3. The average Bonchev–Trinajstić information content (AvgIpc) is 2.64. The summed E-state index contributed by atoms with van der Waals surface area (Å²) in [5.41, 5.74) is 2.82. The molecule has 7 heteroatoms. The van der Waals surface area contributed by atoms with Crippen LogP contribution in [0.3, 0.4) is 0 Å². The van der Waals surface area contributed by atoms with Gasteiger partial charge in [-0.15, -0.1) is 0 Å². The number of nitrogens with one attached hydrogen (secondary N) is 1. The van der Waals surface area contributed by atoms with Crippen molar-refractivity contribution in [1.29, 1.82) is 0 Å². The third-order valence-electron chi connectivity index (χ3n) is 3.54. The summed E-state index contributed by atoms with van der Waals surface area (Å²) in [6.07, 6.45) is 1.44. The fourth-order valence-corrected chi connectivity index (χ4v) is 2.39.